The first-order chi connectivity index (χ1) is 12.5. The molecule has 26 heavy (non-hydrogen) atoms. The molecular weight excluding hydrogens is 361 g/mol. The van der Waals surface area contributed by atoms with E-state index in [1.807, 2.05) is 9.39 Å². The summed E-state index contributed by atoms with van der Waals surface area (Å²) in [5, 5.41) is 3.81. The largest absolute Gasteiger partial charge is 0.454 e. The number of rotatable bonds is 5. The number of benzene rings is 1. The Morgan fingerprint density at radius 3 is 2.38 bits per heavy atom. The highest BCUT2D eigenvalue weighted by Gasteiger charge is 2.42. The van der Waals surface area contributed by atoms with E-state index >= 15 is 0 Å². The molecule has 10 nitrogen and oxygen atoms in total. The first-order valence-corrected chi connectivity index (χ1v) is 8.05. The third-order valence-electron chi connectivity index (χ3n) is 3.60. The lowest BCUT2D eigenvalue weighted by molar-refractivity contribution is -0.120. The van der Waals surface area contributed by atoms with E-state index in [-0.39, 0.29) is 24.1 Å². The Morgan fingerprint density at radius 2 is 1.85 bits per heavy atom. The van der Waals surface area contributed by atoms with Gasteiger partial charge in [-0.3, -0.25) is 14.4 Å². The highest BCUT2D eigenvalue weighted by Crippen LogP contribution is 2.24. The van der Waals surface area contributed by atoms with Crippen LogP contribution in [-0.4, -0.2) is 50.1 Å². The number of nitrogens with one attached hydrogen (secondary N) is 1. The monoisotopic (exact) mass is 375 g/mol. The molecule has 1 aromatic heterocycles. The minimum atomic E-state index is -1.01. The van der Waals surface area contributed by atoms with Gasteiger partial charge in [0.15, 0.2) is 0 Å². The molecule has 1 N–H and O–H groups in total. The van der Waals surface area contributed by atoms with E-state index in [2.05, 4.69) is 10.1 Å². The molecule has 134 valence electrons. The number of hydrogen-bond donors (Lipinski definition) is 1. The fraction of sp³-hybridized carbons (Fsp3) is 0.133. The normalized spacial score (nSPS) is 12.7. The highest BCUT2D eigenvalue weighted by atomic mass is 31.0. The van der Waals surface area contributed by atoms with Crippen molar-refractivity contribution in [2.24, 2.45) is 0 Å². The van der Waals surface area contributed by atoms with Crippen molar-refractivity contribution in [2.45, 2.75) is 6.42 Å². The Labute approximate surface area is 149 Å². The second-order valence-corrected chi connectivity index (χ2v) is 5.48. The first-order valence-electron chi connectivity index (χ1n) is 7.48. The number of imidazole rings is 1. The molecule has 3 rings (SSSR count). The van der Waals surface area contributed by atoms with Crippen molar-refractivity contribution in [1.82, 2.24) is 24.8 Å². The first kappa shape index (κ1) is 17.6. The molecule has 11 heteroatoms. The van der Waals surface area contributed by atoms with Crippen LogP contribution in [0.1, 0.15) is 27.1 Å². The Balaban J connectivity index is 1.87. The minimum Gasteiger partial charge on any atom is -0.341 e. The lowest BCUT2D eigenvalue weighted by atomic mass is 10.1. The number of nitrogens with zero attached hydrogens (tertiary/aromatic N) is 4. The Morgan fingerprint density at radius 1 is 1.19 bits per heavy atom. The molecule has 2 aromatic rings. The molecule has 1 atom stereocenters. The molecule has 0 saturated carbocycles. The van der Waals surface area contributed by atoms with Crippen molar-refractivity contribution in [3.8, 4) is 0 Å². The van der Waals surface area contributed by atoms with E-state index in [4.69, 9.17) is 4.84 Å². The molecule has 0 fully saturated rings. The molecule has 2 heterocycles. The van der Waals surface area contributed by atoms with Crippen molar-refractivity contribution in [1.29, 1.82) is 0 Å². The summed E-state index contributed by atoms with van der Waals surface area (Å²) in [6, 6.07) is 6.21. The van der Waals surface area contributed by atoms with Crippen molar-refractivity contribution < 1.29 is 24.0 Å². The zero-order valence-corrected chi connectivity index (χ0v) is 14.5. The maximum Gasteiger partial charge on any atom is 0.454 e. The van der Waals surface area contributed by atoms with Crippen LogP contribution in [0.5, 0.6) is 0 Å². The number of hydrazine groups is 1. The van der Waals surface area contributed by atoms with Crippen LogP contribution in [0.2, 0.25) is 0 Å². The number of carbonyl (C=O) groups excluding carboxylic acids is 4. The van der Waals surface area contributed by atoms with Crippen molar-refractivity contribution in [2.75, 3.05) is 6.54 Å². The Kier molecular flexibility index (Phi) is 4.94. The molecule has 0 saturated heterocycles. The van der Waals surface area contributed by atoms with Crippen LogP contribution in [0.25, 0.3) is 0 Å². The van der Waals surface area contributed by atoms with Gasteiger partial charge in [-0.25, -0.2) is 14.8 Å². The van der Waals surface area contributed by atoms with Crippen LogP contribution in [0, 0.1) is 0 Å². The number of hydrogen-bond acceptors (Lipinski definition) is 6. The fourth-order valence-corrected chi connectivity index (χ4v) is 2.53. The van der Waals surface area contributed by atoms with E-state index in [0.29, 0.717) is 5.01 Å². The molecule has 1 unspecified atom stereocenters. The summed E-state index contributed by atoms with van der Waals surface area (Å²) in [4.78, 5) is 58.0. The van der Waals surface area contributed by atoms with Crippen LogP contribution in [-0.2, 0) is 4.79 Å². The third-order valence-corrected chi connectivity index (χ3v) is 3.92. The smallest absolute Gasteiger partial charge is 0.341 e. The Bertz CT molecular complexity index is 834. The zero-order valence-electron chi connectivity index (χ0n) is 13.4. The number of aromatic nitrogens is 2. The summed E-state index contributed by atoms with van der Waals surface area (Å²) in [7, 11) is 2.04. The second kappa shape index (κ2) is 7.32. The topological polar surface area (TPSA) is 114 Å². The lowest BCUT2D eigenvalue weighted by Gasteiger charge is -2.28. The average Bonchev–Trinajstić information content (AvgIpc) is 3.24. The highest BCUT2D eigenvalue weighted by molar-refractivity contribution is 7.15. The number of amides is 4. The van der Waals surface area contributed by atoms with Gasteiger partial charge in [-0.15, -0.1) is 0 Å². The van der Waals surface area contributed by atoms with Crippen molar-refractivity contribution >= 4 is 33.2 Å². The van der Waals surface area contributed by atoms with Gasteiger partial charge in [0.1, 0.15) is 6.33 Å². The van der Waals surface area contributed by atoms with Gasteiger partial charge in [0, 0.05) is 12.6 Å². The summed E-state index contributed by atoms with van der Waals surface area (Å²) in [6.45, 7) is -0.237. The van der Waals surface area contributed by atoms with Crippen molar-refractivity contribution in [3.05, 3.63) is 54.1 Å². The van der Waals surface area contributed by atoms with E-state index in [1.54, 1.807) is 12.1 Å². The van der Waals surface area contributed by atoms with Gasteiger partial charge in [0.25, 0.3) is 11.8 Å². The van der Waals surface area contributed by atoms with Gasteiger partial charge in [0.2, 0.25) is 5.91 Å². The van der Waals surface area contributed by atoms with E-state index in [1.165, 1.54) is 30.9 Å². The standard InChI is InChI=1S/C15H14N5O5P/c21-12(17-26)5-7-19(15(24)25-18-8-6-16-9-18)20-13(22)10-3-1-2-4-11(10)14(20)23/h1-4,6,8-9H,5,7,26H2,(H,17,21). The molecule has 0 bridgehead atoms. The van der Waals surface area contributed by atoms with Gasteiger partial charge < -0.3 is 9.92 Å². The van der Waals surface area contributed by atoms with E-state index in [9.17, 15) is 19.2 Å². The summed E-state index contributed by atoms with van der Waals surface area (Å²) in [5.74, 6) is -1.73. The number of carbonyl (C=O) groups is 4. The van der Waals surface area contributed by atoms with Crippen molar-refractivity contribution in [3.63, 3.8) is 0 Å². The molecule has 0 spiro atoms. The average molecular weight is 375 g/mol. The predicted octanol–water partition coefficient (Wildman–Crippen LogP) is 0.241. The van der Waals surface area contributed by atoms with E-state index in [0.717, 1.165) is 9.74 Å². The summed E-state index contributed by atoms with van der Waals surface area (Å²) in [5.41, 5.74) is 0.349. The molecule has 1 aromatic carbocycles. The molecule has 1 aliphatic rings. The number of fused-ring (bicyclic) bond motifs is 1. The zero-order chi connectivity index (χ0) is 18.7. The van der Waals surface area contributed by atoms with Crippen LogP contribution in [0.4, 0.5) is 4.79 Å². The third kappa shape index (κ3) is 3.27. The SMILES string of the molecule is O=C(CCN(C(=O)On1ccnc1)N1C(=O)c2ccccc2C1=O)NP. The summed E-state index contributed by atoms with van der Waals surface area (Å²) in [6.07, 6.45) is 2.84. The molecule has 1 aliphatic heterocycles. The van der Waals surface area contributed by atoms with Gasteiger partial charge >= 0.3 is 6.09 Å². The number of imide groups is 1. The lowest BCUT2D eigenvalue weighted by Crippen LogP contribution is -2.52. The van der Waals surface area contributed by atoms with Gasteiger partial charge in [0.05, 0.1) is 23.9 Å². The van der Waals surface area contributed by atoms with E-state index < -0.39 is 23.8 Å². The Hall–Kier alpha value is -3.26. The summed E-state index contributed by atoms with van der Waals surface area (Å²) >= 11 is 0. The summed E-state index contributed by atoms with van der Waals surface area (Å²) < 4.78 is 1.02. The predicted molar refractivity (Wildman–Crippen MR) is 90.3 cm³/mol. The van der Waals surface area contributed by atoms with Crippen LogP contribution >= 0.6 is 9.39 Å². The molecule has 0 aliphatic carbocycles. The van der Waals surface area contributed by atoms with Gasteiger partial charge in [-0.05, 0) is 21.5 Å². The van der Waals surface area contributed by atoms with Crippen LogP contribution in [0.15, 0.2) is 43.0 Å². The second-order valence-electron chi connectivity index (χ2n) is 5.19. The minimum absolute atomic E-state index is 0.143. The molecule has 0 radical (unpaired) electrons. The quantitative estimate of drug-likeness (QED) is 0.592. The van der Waals surface area contributed by atoms with Crippen LogP contribution < -0.4 is 9.92 Å². The maximum absolute atomic E-state index is 12.6. The fourth-order valence-electron chi connectivity index (χ4n) is 2.39. The molecular formula is C15H14N5O5P. The van der Waals surface area contributed by atoms with Gasteiger partial charge in [-0.2, -0.15) is 9.74 Å². The van der Waals surface area contributed by atoms with Gasteiger partial charge in [-0.1, -0.05) is 12.1 Å². The maximum atomic E-state index is 12.6. The van der Waals surface area contributed by atoms with Crippen LogP contribution in [0.3, 0.4) is 0 Å². The molecule has 4 amide bonds.